The summed E-state index contributed by atoms with van der Waals surface area (Å²) in [7, 11) is -3.33. The summed E-state index contributed by atoms with van der Waals surface area (Å²) in [4.78, 5) is 14.7. The van der Waals surface area contributed by atoms with Crippen molar-refractivity contribution >= 4 is 19.2 Å². The molecule has 58 heavy (non-hydrogen) atoms. The molecule has 322 valence electrons. The fourth-order valence-electron chi connectivity index (χ4n) is 7.92. The maximum atomic E-state index is 13.3. The number of phosphoric ester groups is 1. The maximum absolute atomic E-state index is 13.3. The number of aliphatic hydroxyl groups excluding tert-OH is 1. The van der Waals surface area contributed by atoms with Crippen LogP contribution < -0.4 is 10.5 Å². The number of nitrogens with zero attached hydrogens (tertiary/aromatic N) is 4. The van der Waals surface area contributed by atoms with Gasteiger partial charge in [-0.25, -0.2) is 14.1 Å². The van der Waals surface area contributed by atoms with Gasteiger partial charge in [0.05, 0.1) is 38.2 Å². The van der Waals surface area contributed by atoms with E-state index in [0.29, 0.717) is 34.7 Å². The molecule has 7 atom stereocenters. The lowest BCUT2D eigenvalue weighted by atomic mass is 10.0. The Kier molecular flexibility index (Phi) is 17.3. The van der Waals surface area contributed by atoms with E-state index >= 15 is 0 Å². The Balaban J connectivity index is 1.04. The number of hydrogen-bond acceptors (Lipinski definition) is 13. The van der Waals surface area contributed by atoms with Gasteiger partial charge in [0.1, 0.15) is 53.7 Å². The number of benzene rings is 1. The third kappa shape index (κ3) is 11.6. The highest BCUT2D eigenvalue weighted by atomic mass is 31.2. The van der Waals surface area contributed by atoms with Crippen molar-refractivity contribution in [2.45, 2.75) is 159 Å². The summed E-state index contributed by atoms with van der Waals surface area (Å²) in [5.74, 6) is 0.667. The van der Waals surface area contributed by atoms with Crippen LogP contribution >= 0.6 is 7.82 Å². The van der Waals surface area contributed by atoms with Crippen molar-refractivity contribution in [2.75, 3.05) is 32.7 Å². The van der Waals surface area contributed by atoms with Gasteiger partial charge < -0.3 is 39.8 Å². The number of hydrogen-bond donors (Lipinski definition) is 4. The van der Waals surface area contributed by atoms with E-state index in [1.54, 1.807) is 30.3 Å². The summed E-state index contributed by atoms with van der Waals surface area (Å²) in [6.07, 6.45) is 17.0. The number of rotatable bonds is 29. The number of nitriles is 1. The number of aromatic nitrogens is 3. The average Bonchev–Trinajstić information content (AvgIpc) is 3.47. The topological polar surface area (TPSA) is 213 Å². The first-order valence-corrected chi connectivity index (χ1v) is 22.6. The molecule has 1 aliphatic carbocycles. The molecular formula is C42H64N5O10P. The highest BCUT2D eigenvalue weighted by molar-refractivity contribution is 7.47. The molecule has 16 heteroatoms. The Bertz CT molecular complexity index is 1820. The molecule has 2 aliphatic rings. The summed E-state index contributed by atoms with van der Waals surface area (Å²) in [6, 6.07) is 10.5. The molecule has 5 rings (SSSR count). The van der Waals surface area contributed by atoms with Gasteiger partial charge in [0.15, 0.2) is 11.4 Å². The molecule has 2 aromatic heterocycles. The largest absolute Gasteiger partial charge is 0.495 e. The van der Waals surface area contributed by atoms with Crippen LogP contribution in [0, 0.1) is 11.3 Å². The summed E-state index contributed by atoms with van der Waals surface area (Å²) in [6.45, 7) is 4.01. The molecule has 1 saturated heterocycles. The van der Waals surface area contributed by atoms with Crippen LogP contribution in [-0.2, 0) is 34.4 Å². The molecule has 0 spiro atoms. The minimum atomic E-state index is -4.82. The van der Waals surface area contributed by atoms with Gasteiger partial charge in [0.2, 0.25) is 0 Å². The van der Waals surface area contributed by atoms with Gasteiger partial charge in [-0.1, -0.05) is 109 Å². The molecule has 1 aromatic carbocycles. The van der Waals surface area contributed by atoms with E-state index in [2.05, 4.69) is 23.1 Å². The molecule has 2 unspecified atom stereocenters. The molecule has 2 fully saturated rings. The number of ether oxygens (including phenoxy) is 4. The van der Waals surface area contributed by atoms with Crippen LogP contribution in [0.3, 0.4) is 0 Å². The van der Waals surface area contributed by atoms with Crippen molar-refractivity contribution in [3.63, 3.8) is 0 Å². The normalized spacial score (nSPS) is 24.1. The Morgan fingerprint density at radius 1 is 0.983 bits per heavy atom. The predicted octanol–water partition coefficient (Wildman–Crippen LogP) is 7.49. The summed E-state index contributed by atoms with van der Waals surface area (Å²) in [5.41, 5.74) is 4.35. The molecule has 0 amide bonds. The van der Waals surface area contributed by atoms with Crippen LogP contribution in [0.4, 0.5) is 5.82 Å². The van der Waals surface area contributed by atoms with E-state index in [-0.39, 0.29) is 25.6 Å². The fraction of sp³-hybridized carbons (Fsp3) is 0.690. The third-order valence-corrected chi connectivity index (χ3v) is 12.5. The predicted molar refractivity (Wildman–Crippen MR) is 218 cm³/mol. The lowest BCUT2D eigenvalue weighted by Crippen LogP contribution is -2.35. The van der Waals surface area contributed by atoms with Crippen LogP contribution in [0.2, 0.25) is 0 Å². The molecule has 5 N–H and O–H groups in total. The summed E-state index contributed by atoms with van der Waals surface area (Å²) in [5, 5.41) is 36.4. The number of anilines is 1. The van der Waals surface area contributed by atoms with Crippen molar-refractivity contribution in [1.82, 2.24) is 14.6 Å². The second-order valence-corrected chi connectivity index (χ2v) is 17.2. The van der Waals surface area contributed by atoms with Crippen LogP contribution in [0.5, 0.6) is 5.75 Å². The highest BCUT2D eigenvalue weighted by Crippen LogP contribution is 2.68. The number of methoxy groups -OCH3 is 1. The van der Waals surface area contributed by atoms with Gasteiger partial charge in [-0.15, -0.1) is 0 Å². The van der Waals surface area contributed by atoms with Crippen molar-refractivity contribution < 1.29 is 47.7 Å². The maximum Gasteiger partial charge on any atom is 0.472 e. The summed E-state index contributed by atoms with van der Waals surface area (Å²) < 4.78 is 48.8. The number of phosphoric acid groups is 1. The zero-order valence-corrected chi connectivity index (χ0v) is 35.3. The van der Waals surface area contributed by atoms with Crippen LogP contribution in [0.25, 0.3) is 5.52 Å². The van der Waals surface area contributed by atoms with Crippen molar-refractivity contribution in [3.8, 4) is 11.8 Å². The Labute approximate surface area is 342 Å². The molecule has 3 aromatic rings. The third-order valence-electron chi connectivity index (χ3n) is 11.5. The Morgan fingerprint density at radius 2 is 1.62 bits per heavy atom. The first kappa shape index (κ1) is 45.9. The van der Waals surface area contributed by atoms with Gasteiger partial charge in [0.25, 0.3) is 0 Å². The standard InChI is InChI=1S/C42H64N5O10P/c1-4-5-6-7-8-9-10-11-12-13-14-15-16-17-18-19-24-53-28-33(54-27-31-20-23-36(52-3)32(25-31)26-43)29-55-58(50,51)57-40-41(2)42(40,49)38(48)37(56-41)34-21-22-35-39(44)45-30-46-47(34)35/h20-23,25,30,33,37-38,40,48-49H,4-19,24,27-29H2,1-3H3,(H,50,51)(H2,44,45,46)/t33-,37+,38+,40?,41-,42-/m1/s1. The van der Waals surface area contributed by atoms with E-state index in [1.807, 2.05) is 0 Å². The highest BCUT2D eigenvalue weighted by Gasteiger charge is 2.87. The summed E-state index contributed by atoms with van der Waals surface area (Å²) >= 11 is 0. The van der Waals surface area contributed by atoms with Crippen LogP contribution in [0.1, 0.15) is 140 Å². The molecule has 1 saturated carbocycles. The number of fused-ring (bicyclic) bond motifs is 2. The number of nitrogens with two attached hydrogens (primary N) is 1. The molecule has 3 heterocycles. The van der Waals surface area contributed by atoms with E-state index in [1.165, 1.54) is 108 Å². The van der Waals surface area contributed by atoms with Gasteiger partial charge in [-0.2, -0.15) is 10.4 Å². The quantitative estimate of drug-likeness (QED) is 0.0394. The SMILES string of the molecule is CCCCCCCCCCCCCCCCCCOC[C@H](COP(=O)(O)OC1[C@@]2(C)O[C@@H](c3ccc4c(N)ncnn34)[C@H](O)[C@@]12O)OCc1ccc(OC)c(C#N)c1. The smallest absolute Gasteiger partial charge is 0.472 e. The van der Waals surface area contributed by atoms with Crippen molar-refractivity contribution in [1.29, 1.82) is 5.26 Å². The van der Waals surface area contributed by atoms with Gasteiger partial charge in [-0.05, 0) is 43.2 Å². The lowest BCUT2D eigenvalue weighted by Gasteiger charge is -2.24. The fourth-order valence-corrected chi connectivity index (χ4v) is 8.96. The lowest BCUT2D eigenvalue weighted by molar-refractivity contribution is -0.0837. The monoisotopic (exact) mass is 829 g/mol. The van der Waals surface area contributed by atoms with Crippen molar-refractivity contribution in [2.24, 2.45) is 0 Å². The second-order valence-electron chi connectivity index (χ2n) is 15.8. The van der Waals surface area contributed by atoms with E-state index < -0.39 is 43.4 Å². The van der Waals surface area contributed by atoms with E-state index in [4.69, 9.17) is 33.7 Å². The second kappa shape index (κ2) is 21.9. The zero-order chi connectivity index (χ0) is 41.6. The Morgan fingerprint density at radius 3 is 2.21 bits per heavy atom. The molecule has 0 radical (unpaired) electrons. The van der Waals surface area contributed by atoms with Crippen LogP contribution in [-0.4, -0.2) is 86.1 Å². The minimum absolute atomic E-state index is 0.0680. The van der Waals surface area contributed by atoms with Crippen molar-refractivity contribution in [3.05, 3.63) is 53.5 Å². The minimum Gasteiger partial charge on any atom is -0.495 e. The Hall–Kier alpha value is -3.16. The van der Waals surface area contributed by atoms with Crippen LogP contribution in [0.15, 0.2) is 36.7 Å². The molecule has 1 aliphatic heterocycles. The number of aliphatic hydroxyl groups is 2. The molecular weight excluding hydrogens is 765 g/mol. The van der Waals surface area contributed by atoms with Gasteiger partial charge in [-0.3, -0.25) is 9.05 Å². The molecule has 0 bridgehead atoms. The first-order valence-electron chi connectivity index (χ1n) is 21.1. The number of nitrogen functional groups attached to an aromatic ring is 1. The van der Waals surface area contributed by atoms with E-state index in [9.17, 15) is 24.9 Å². The van der Waals surface area contributed by atoms with E-state index in [0.717, 1.165) is 19.3 Å². The number of unbranched alkanes of at least 4 members (excludes halogenated alkanes) is 15. The molecule has 15 nitrogen and oxygen atoms in total. The zero-order valence-electron chi connectivity index (χ0n) is 34.4. The average molecular weight is 830 g/mol. The van der Waals surface area contributed by atoms with Gasteiger partial charge in [0, 0.05) is 6.61 Å². The first-order chi connectivity index (χ1) is 28.0. The van der Waals surface area contributed by atoms with Gasteiger partial charge >= 0.3 is 7.82 Å².